The average molecular weight is 391 g/mol. The number of amides is 1. The maximum atomic E-state index is 12.3. The molecule has 0 bridgehead atoms. The van der Waals surface area contributed by atoms with Gasteiger partial charge in [0.2, 0.25) is 0 Å². The van der Waals surface area contributed by atoms with Crippen molar-refractivity contribution in [3.63, 3.8) is 0 Å². The molecule has 0 unspecified atom stereocenters. The zero-order valence-electron chi connectivity index (χ0n) is 15.6. The Morgan fingerprint density at radius 3 is 2.96 bits per heavy atom. The van der Waals surface area contributed by atoms with Gasteiger partial charge in [0.25, 0.3) is 5.91 Å². The van der Waals surface area contributed by atoms with E-state index >= 15 is 0 Å². The van der Waals surface area contributed by atoms with E-state index in [0.29, 0.717) is 11.5 Å². The summed E-state index contributed by atoms with van der Waals surface area (Å²) in [5.74, 6) is 0.973. The second-order valence-corrected chi connectivity index (χ2v) is 8.39. The van der Waals surface area contributed by atoms with Crippen LogP contribution in [0.4, 0.5) is 0 Å². The molecule has 27 heavy (non-hydrogen) atoms. The Bertz CT molecular complexity index is 808. The second kappa shape index (κ2) is 7.71. The van der Waals surface area contributed by atoms with Gasteiger partial charge in [-0.2, -0.15) is 0 Å². The maximum Gasteiger partial charge on any atom is 0.261 e. The number of aliphatic hydroxyl groups excluding tert-OH is 1. The van der Waals surface area contributed by atoms with Crippen molar-refractivity contribution in [2.45, 2.75) is 31.4 Å². The highest BCUT2D eigenvalue weighted by molar-refractivity contribution is 7.14. The lowest BCUT2D eigenvalue weighted by molar-refractivity contribution is -0.0983. The van der Waals surface area contributed by atoms with Crippen molar-refractivity contribution in [1.29, 1.82) is 0 Å². The summed E-state index contributed by atoms with van der Waals surface area (Å²) >= 11 is 1.57. The molecule has 2 N–H and O–H groups in total. The highest BCUT2D eigenvalue weighted by Gasteiger charge is 2.42. The third-order valence-electron chi connectivity index (χ3n) is 5.58. The number of ether oxygens (including phenoxy) is 1. The summed E-state index contributed by atoms with van der Waals surface area (Å²) in [6, 6.07) is 2.01. The summed E-state index contributed by atoms with van der Waals surface area (Å²) in [5, 5.41) is 11.7. The molecule has 2 aliphatic rings. The van der Waals surface area contributed by atoms with E-state index in [-0.39, 0.29) is 24.7 Å². The van der Waals surface area contributed by atoms with E-state index in [4.69, 9.17) is 9.84 Å². The van der Waals surface area contributed by atoms with Crippen molar-refractivity contribution in [1.82, 2.24) is 19.8 Å². The first-order valence-electron chi connectivity index (χ1n) is 9.46. The summed E-state index contributed by atoms with van der Waals surface area (Å²) in [5.41, 5.74) is 0.933. The Hall–Kier alpha value is -1.74. The number of carbonyl (C=O) groups is 1. The Morgan fingerprint density at radius 1 is 1.44 bits per heavy atom. The largest absolute Gasteiger partial charge is 0.395 e. The topological polar surface area (TPSA) is 79.6 Å². The van der Waals surface area contributed by atoms with Crippen molar-refractivity contribution in [2.75, 3.05) is 32.8 Å². The molecule has 8 heteroatoms. The SMILES string of the molecule is Cn1ccnc1CN1CCC2(CC1)OCCc1sc(C(=O)NCCO)cc12. The van der Waals surface area contributed by atoms with Gasteiger partial charge in [-0.15, -0.1) is 11.3 Å². The third-order valence-corrected chi connectivity index (χ3v) is 6.77. The van der Waals surface area contributed by atoms with Crippen molar-refractivity contribution < 1.29 is 14.6 Å². The number of piperidine rings is 1. The molecule has 0 atom stereocenters. The number of likely N-dealkylation sites (tertiary alicyclic amines) is 1. The number of thiophene rings is 1. The number of imidazole rings is 1. The molecule has 7 nitrogen and oxygen atoms in total. The summed E-state index contributed by atoms with van der Waals surface area (Å²) in [7, 11) is 2.03. The van der Waals surface area contributed by atoms with Crippen LogP contribution in [-0.4, -0.2) is 58.3 Å². The molecule has 4 rings (SSSR count). The predicted molar refractivity (Wildman–Crippen MR) is 103 cm³/mol. The van der Waals surface area contributed by atoms with Crippen LogP contribution in [0.3, 0.4) is 0 Å². The van der Waals surface area contributed by atoms with Crippen LogP contribution in [0.1, 0.15) is 38.8 Å². The highest BCUT2D eigenvalue weighted by Crippen LogP contribution is 2.44. The number of rotatable bonds is 5. The standard InChI is InChI=1S/C19H26N4O3S/c1-22-9-5-20-17(22)13-23-7-3-19(4-8-23)14-12-16(18(25)21-6-10-24)27-15(14)2-11-26-19/h5,9,12,24H,2-4,6-8,10-11,13H2,1H3,(H,21,25). The van der Waals surface area contributed by atoms with Crippen molar-refractivity contribution in [3.05, 3.63) is 39.6 Å². The first-order valence-corrected chi connectivity index (χ1v) is 10.3. The van der Waals surface area contributed by atoms with Crippen molar-refractivity contribution in [2.24, 2.45) is 7.05 Å². The van der Waals surface area contributed by atoms with Gasteiger partial charge in [0.1, 0.15) is 5.82 Å². The Morgan fingerprint density at radius 2 is 2.26 bits per heavy atom. The van der Waals surface area contributed by atoms with E-state index in [9.17, 15) is 4.79 Å². The van der Waals surface area contributed by atoms with Gasteiger partial charge >= 0.3 is 0 Å². The van der Waals surface area contributed by atoms with Gasteiger partial charge in [-0.25, -0.2) is 4.98 Å². The van der Waals surface area contributed by atoms with E-state index in [1.54, 1.807) is 11.3 Å². The monoisotopic (exact) mass is 390 g/mol. The predicted octanol–water partition coefficient (Wildman–Crippen LogP) is 1.27. The number of aromatic nitrogens is 2. The number of aliphatic hydroxyl groups is 1. The van der Waals surface area contributed by atoms with Gasteiger partial charge in [-0.3, -0.25) is 9.69 Å². The molecule has 146 valence electrons. The van der Waals surface area contributed by atoms with Gasteiger partial charge in [0, 0.05) is 50.4 Å². The number of nitrogens with one attached hydrogen (secondary N) is 1. The summed E-state index contributed by atoms with van der Waals surface area (Å²) in [4.78, 5) is 21.1. The fraction of sp³-hybridized carbons (Fsp3) is 0.579. The van der Waals surface area contributed by atoms with E-state index in [2.05, 4.69) is 19.8 Å². The average Bonchev–Trinajstić information content (AvgIpc) is 3.29. The van der Waals surface area contributed by atoms with Crippen LogP contribution in [0.15, 0.2) is 18.5 Å². The first kappa shape index (κ1) is 18.6. The number of fused-ring (bicyclic) bond motifs is 2. The maximum absolute atomic E-state index is 12.3. The summed E-state index contributed by atoms with van der Waals surface area (Å²) in [6.07, 6.45) is 6.54. The Labute approximate surface area is 163 Å². The molecule has 2 aliphatic heterocycles. The first-order chi connectivity index (χ1) is 13.1. The third kappa shape index (κ3) is 3.67. The van der Waals surface area contributed by atoms with Crippen LogP contribution >= 0.6 is 11.3 Å². The Kier molecular flexibility index (Phi) is 5.32. The van der Waals surface area contributed by atoms with E-state index < -0.39 is 0 Å². The number of nitrogens with zero attached hydrogens (tertiary/aromatic N) is 3. The molecule has 1 fully saturated rings. The second-order valence-electron chi connectivity index (χ2n) is 7.25. The molecule has 2 aromatic rings. The fourth-order valence-electron chi connectivity index (χ4n) is 4.02. The fourth-order valence-corrected chi connectivity index (χ4v) is 5.17. The normalized spacial score (nSPS) is 19.2. The van der Waals surface area contributed by atoms with Crippen molar-refractivity contribution in [3.8, 4) is 0 Å². The minimum atomic E-state index is -0.266. The lowest BCUT2D eigenvalue weighted by atomic mass is 9.82. The van der Waals surface area contributed by atoms with E-state index in [0.717, 1.165) is 44.7 Å². The summed E-state index contributed by atoms with van der Waals surface area (Å²) < 4.78 is 8.37. The van der Waals surface area contributed by atoms with Crippen LogP contribution in [-0.2, 0) is 30.4 Å². The van der Waals surface area contributed by atoms with Gasteiger partial charge in [-0.05, 0) is 24.5 Å². The Balaban J connectivity index is 1.47. The minimum Gasteiger partial charge on any atom is -0.395 e. The van der Waals surface area contributed by atoms with Gasteiger partial charge < -0.3 is 19.7 Å². The van der Waals surface area contributed by atoms with E-state index in [1.807, 2.05) is 25.5 Å². The molecule has 1 saturated heterocycles. The number of carbonyl (C=O) groups excluding carboxylic acids is 1. The van der Waals surface area contributed by atoms with Crippen LogP contribution in [0.25, 0.3) is 0 Å². The molecule has 0 saturated carbocycles. The minimum absolute atomic E-state index is 0.0459. The molecular weight excluding hydrogens is 364 g/mol. The number of aryl methyl sites for hydroxylation is 1. The lowest BCUT2D eigenvalue weighted by Gasteiger charge is -2.44. The molecule has 0 radical (unpaired) electrons. The van der Waals surface area contributed by atoms with Crippen molar-refractivity contribution >= 4 is 17.2 Å². The summed E-state index contributed by atoms with van der Waals surface area (Å²) in [6.45, 7) is 3.71. The highest BCUT2D eigenvalue weighted by atomic mass is 32.1. The van der Waals surface area contributed by atoms with Gasteiger partial charge in [-0.1, -0.05) is 0 Å². The van der Waals surface area contributed by atoms with Crippen LogP contribution < -0.4 is 5.32 Å². The number of hydrogen-bond acceptors (Lipinski definition) is 6. The lowest BCUT2D eigenvalue weighted by Crippen LogP contribution is -2.46. The molecular formula is C19H26N4O3S. The molecule has 0 aromatic carbocycles. The molecule has 2 aromatic heterocycles. The smallest absolute Gasteiger partial charge is 0.261 e. The zero-order chi connectivity index (χ0) is 18.9. The van der Waals surface area contributed by atoms with Crippen LogP contribution in [0.5, 0.6) is 0 Å². The quantitative estimate of drug-likeness (QED) is 0.804. The molecule has 4 heterocycles. The van der Waals surface area contributed by atoms with Crippen LogP contribution in [0, 0.1) is 0 Å². The van der Waals surface area contributed by atoms with Crippen LogP contribution in [0.2, 0.25) is 0 Å². The molecule has 1 spiro atoms. The van der Waals surface area contributed by atoms with Gasteiger partial charge in [0.05, 0.1) is 30.2 Å². The molecule has 1 amide bonds. The van der Waals surface area contributed by atoms with E-state index in [1.165, 1.54) is 10.4 Å². The molecule has 0 aliphatic carbocycles. The van der Waals surface area contributed by atoms with Gasteiger partial charge in [0.15, 0.2) is 0 Å². The number of hydrogen-bond donors (Lipinski definition) is 2. The zero-order valence-corrected chi connectivity index (χ0v) is 16.4.